The Morgan fingerprint density at radius 2 is 1.23 bits per heavy atom. The van der Waals surface area contributed by atoms with Gasteiger partial charge in [-0.05, 0) is 77.6 Å². The molecule has 7 heteroatoms. The maximum Gasteiger partial charge on any atom is 0.412 e. The smallest absolute Gasteiger partial charge is 0.410 e. The Morgan fingerprint density at radius 1 is 0.710 bits per heavy atom. The van der Waals surface area contributed by atoms with Crippen molar-refractivity contribution in [3.8, 4) is 28.0 Å². The van der Waals surface area contributed by atoms with Crippen LogP contribution in [0.2, 0.25) is 20.1 Å². The Bertz CT molecular complexity index is 1060. The molecular weight excluding hydrogens is 476 g/mol. The molecule has 1 aliphatic carbocycles. The highest BCUT2D eigenvalue weighted by atomic mass is 35.5. The highest BCUT2D eigenvalue weighted by Crippen LogP contribution is 2.36. The van der Waals surface area contributed by atoms with Gasteiger partial charge < -0.3 is 10.1 Å². The molecule has 0 spiro atoms. The molecule has 160 valence electrons. The van der Waals surface area contributed by atoms with Gasteiger partial charge in [-0.15, -0.1) is 0 Å². The van der Waals surface area contributed by atoms with E-state index in [1.54, 1.807) is 36.4 Å². The first-order valence-corrected chi connectivity index (χ1v) is 11.4. The Balaban J connectivity index is 1.71. The summed E-state index contributed by atoms with van der Waals surface area (Å²) in [5, 5.41) is 4.77. The van der Waals surface area contributed by atoms with Crippen LogP contribution in [0.4, 0.5) is 4.79 Å². The molecule has 0 heterocycles. The SMILES string of the molecule is O=C(NC1CCCC1)Oc1cc(-c2ccc(Cl)c(Cl)c2)cc(-c2ccc(Cl)c(Cl)c2)c1. The van der Waals surface area contributed by atoms with Gasteiger partial charge in [-0.3, -0.25) is 0 Å². The highest BCUT2D eigenvalue weighted by molar-refractivity contribution is 6.42. The largest absolute Gasteiger partial charge is 0.412 e. The summed E-state index contributed by atoms with van der Waals surface area (Å²) >= 11 is 24.6. The molecule has 0 radical (unpaired) electrons. The van der Waals surface area contributed by atoms with Gasteiger partial charge in [-0.2, -0.15) is 0 Å². The molecule has 3 aromatic carbocycles. The van der Waals surface area contributed by atoms with Gasteiger partial charge in [0.2, 0.25) is 0 Å². The maximum atomic E-state index is 12.5. The minimum atomic E-state index is -0.460. The van der Waals surface area contributed by atoms with E-state index >= 15 is 0 Å². The van der Waals surface area contributed by atoms with E-state index in [0.717, 1.165) is 47.9 Å². The standard InChI is InChI=1S/C24H19Cl4NO2/c25-20-7-5-14(12-22(20)27)16-9-17(15-6-8-21(26)23(28)13-15)11-19(10-16)31-24(30)29-18-3-1-2-4-18/h5-13,18H,1-4H2,(H,29,30). The van der Waals surface area contributed by atoms with Gasteiger partial charge in [0.15, 0.2) is 0 Å². The third kappa shape index (κ3) is 5.48. The number of nitrogens with one attached hydrogen (secondary N) is 1. The minimum absolute atomic E-state index is 0.167. The van der Waals surface area contributed by atoms with Gasteiger partial charge in [0, 0.05) is 6.04 Å². The number of carbonyl (C=O) groups is 1. The van der Waals surface area contributed by atoms with Crippen molar-refractivity contribution in [3.05, 3.63) is 74.7 Å². The molecule has 0 aromatic heterocycles. The maximum absolute atomic E-state index is 12.5. The molecule has 1 saturated carbocycles. The van der Waals surface area contributed by atoms with E-state index in [2.05, 4.69) is 5.32 Å². The van der Waals surface area contributed by atoms with Crippen LogP contribution in [0.1, 0.15) is 25.7 Å². The van der Waals surface area contributed by atoms with Crippen molar-refractivity contribution in [1.29, 1.82) is 0 Å². The molecule has 3 nitrogen and oxygen atoms in total. The van der Waals surface area contributed by atoms with E-state index in [4.69, 9.17) is 51.1 Å². The average molecular weight is 495 g/mol. The summed E-state index contributed by atoms with van der Waals surface area (Å²) in [6.07, 6.45) is 3.75. The van der Waals surface area contributed by atoms with E-state index < -0.39 is 6.09 Å². The molecule has 0 saturated heterocycles. The van der Waals surface area contributed by atoms with E-state index in [1.165, 1.54) is 0 Å². The quantitative estimate of drug-likeness (QED) is 0.394. The lowest BCUT2D eigenvalue weighted by Gasteiger charge is -2.14. The lowest BCUT2D eigenvalue weighted by Crippen LogP contribution is -2.34. The second-order valence-electron chi connectivity index (χ2n) is 7.52. The topological polar surface area (TPSA) is 38.3 Å². The number of amides is 1. The number of carbonyl (C=O) groups excluding carboxylic acids is 1. The van der Waals surface area contributed by atoms with Gasteiger partial charge in [0.25, 0.3) is 0 Å². The van der Waals surface area contributed by atoms with Crippen molar-refractivity contribution >= 4 is 52.5 Å². The number of benzene rings is 3. The first kappa shape index (κ1) is 22.3. The van der Waals surface area contributed by atoms with Crippen molar-refractivity contribution in [3.63, 3.8) is 0 Å². The molecular formula is C24H19Cl4NO2. The van der Waals surface area contributed by atoms with Crippen LogP contribution in [0.3, 0.4) is 0 Å². The molecule has 1 aliphatic rings. The fourth-order valence-corrected chi connectivity index (χ4v) is 4.31. The van der Waals surface area contributed by atoms with E-state index in [0.29, 0.717) is 25.8 Å². The fourth-order valence-electron chi connectivity index (χ4n) is 3.72. The number of rotatable bonds is 4. The van der Waals surface area contributed by atoms with Crippen LogP contribution in [0.15, 0.2) is 54.6 Å². The van der Waals surface area contributed by atoms with E-state index in [9.17, 15) is 4.79 Å². The van der Waals surface area contributed by atoms with Crippen LogP contribution in [0.25, 0.3) is 22.3 Å². The van der Waals surface area contributed by atoms with Crippen LogP contribution in [-0.2, 0) is 0 Å². The zero-order valence-corrected chi connectivity index (χ0v) is 19.5. The summed E-state index contributed by atoms with van der Waals surface area (Å²) < 4.78 is 5.64. The molecule has 0 atom stereocenters. The Labute approximate surface area is 201 Å². The van der Waals surface area contributed by atoms with Gasteiger partial charge in [0.05, 0.1) is 20.1 Å². The summed E-state index contributed by atoms with van der Waals surface area (Å²) in [7, 11) is 0. The molecule has 1 N–H and O–H groups in total. The van der Waals surface area contributed by atoms with E-state index in [1.807, 2.05) is 18.2 Å². The molecule has 31 heavy (non-hydrogen) atoms. The fraction of sp³-hybridized carbons (Fsp3) is 0.208. The molecule has 1 amide bonds. The predicted octanol–water partition coefficient (Wildman–Crippen LogP) is 8.67. The third-order valence-electron chi connectivity index (χ3n) is 5.30. The van der Waals surface area contributed by atoms with Gasteiger partial charge in [-0.25, -0.2) is 4.79 Å². The van der Waals surface area contributed by atoms with Crippen LogP contribution in [-0.4, -0.2) is 12.1 Å². The van der Waals surface area contributed by atoms with Crippen molar-refractivity contribution in [1.82, 2.24) is 5.32 Å². The molecule has 1 fully saturated rings. The number of hydrogen-bond acceptors (Lipinski definition) is 2. The monoisotopic (exact) mass is 493 g/mol. The lowest BCUT2D eigenvalue weighted by molar-refractivity contribution is 0.196. The molecule has 3 aromatic rings. The molecule has 0 unspecified atom stereocenters. The molecule has 0 bridgehead atoms. The highest BCUT2D eigenvalue weighted by Gasteiger charge is 2.19. The second-order valence-corrected chi connectivity index (χ2v) is 9.15. The summed E-state index contributed by atoms with van der Waals surface area (Å²) in [5.74, 6) is 0.417. The zero-order chi connectivity index (χ0) is 22.0. The Kier molecular flexibility index (Phi) is 6.98. The lowest BCUT2D eigenvalue weighted by atomic mass is 9.98. The first-order valence-electron chi connectivity index (χ1n) is 9.93. The molecule has 4 rings (SSSR count). The van der Waals surface area contributed by atoms with Crippen LogP contribution < -0.4 is 10.1 Å². The molecule has 0 aliphatic heterocycles. The van der Waals surface area contributed by atoms with Crippen LogP contribution >= 0.6 is 46.4 Å². The minimum Gasteiger partial charge on any atom is -0.410 e. The van der Waals surface area contributed by atoms with Crippen molar-refractivity contribution in [2.75, 3.05) is 0 Å². The first-order chi connectivity index (χ1) is 14.9. The number of halogens is 4. The normalized spacial score (nSPS) is 13.9. The Hall–Kier alpha value is -1.91. The van der Waals surface area contributed by atoms with Gasteiger partial charge in [0.1, 0.15) is 5.75 Å². The van der Waals surface area contributed by atoms with Crippen LogP contribution in [0.5, 0.6) is 5.75 Å². The van der Waals surface area contributed by atoms with Crippen molar-refractivity contribution in [2.24, 2.45) is 0 Å². The van der Waals surface area contributed by atoms with Crippen molar-refractivity contribution in [2.45, 2.75) is 31.7 Å². The number of hydrogen-bond donors (Lipinski definition) is 1. The summed E-state index contributed by atoms with van der Waals surface area (Å²) in [4.78, 5) is 12.5. The summed E-state index contributed by atoms with van der Waals surface area (Å²) in [6, 6.07) is 16.5. The second kappa shape index (κ2) is 9.70. The summed E-state index contributed by atoms with van der Waals surface area (Å²) in [5.41, 5.74) is 3.34. The van der Waals surface area contributed by atoms with E-state index in [-0.39, 0.29) is 6.04 Å². The zero-order valence-electron chi connectivity index (χ0n) is 16.4. The summed E-state index contributed by atoms with van der Waals surface area (Å²) in [6.45, 7) is 0. The third-order valence-corrected chi connectivity index (χ3v) is 6.78. The van der Waals surface area contributed by atoms with Gasteiger partial charge in [-0.1, -0.05) is 71.4 Å². The van der Waals surface area contributed by atoms with Gasteiger partial charge >= 0.3 is 6.09 Å². The van der Waals surface area contributed by atoms with Crippen LogP contribution in [0, 0.1) is 0 Å². The van der Waals surface area contributed by atoms with Crippen molar-refractivity contribution < 1.29 is 9.53 Å². The average Bonchev–Trinajstić information content (AvgIpc) is 3.24. The predicted molar refractivity (Wildman–Crippen MR) is 129 cm³/mol. The Morgan fingerprint density at radius 3 is 1.71 bits per heavy atom. The number of ether oxygens (including phenoxy) is 1.